The largest absolute Gasteiger partial charge is 0.493 e. The molecule has 0 radical (unpaired) electrons. The first-order valence-electron chi connectivity index (χ1n) is 11.5. The second-order valence-electron chi connectivity index (χ2n) is 8.14. The molecule has 0 saturated heterocycles. The minimum absolute atomic E-state index is 0.189. The summed E-state index contributed by atoms with van der Waals surface area (Å²) in [4.78, 5) is 22.6. The summed E-state index contributed by atoms with van der Waals surface area (Å²) in [5.74, 6) is 2.00. The van der Waals surface area contributed by atoms with Crippen molar-refractivity contribution in [3.8, 4) is 28.6 Å². The molecule has 3 aromatic carbocycles. The maximum atomic E-state index is 13.4. The molecule has 0 amide bonds. The van der Waals surface area contributed by atoms with E-state index < -0.39 is 0 Å². The van der Waals surface area contributed by atoms with E-state index in [1.54, 1.807) is 47.0 Å². The summed E-state index contributed by atoms with van der Waals surface area (Å²) >= 11 is 1.29. The van der Waals surface area contributed by atoms with E-state index in [2.05, 4.69) is 10.1 Å². The van der Waals surface area contributed by atoms with E-state index in [-0.39, 0.29) is 23.7 Å². The van der Waals surface area contributed by atoms with E-state index in [4.69, 9.17) is 23.7 Å². The van der Waals surface area contributed by atoms with Crippen molar-refractivity contribution in [3.63, 3.8) is 0 Å². The first-order valence-corrected chi connectivity index (χ1v) is 12.5. The van der Waals surface area contributed by atoms with Crippen molar-refractivity contribution >= 4 is 22.7 Å². The number of aromatic nitrogens is 4. The van der Waals surface area contributed by atoms with Gasteiger partial charge in [-0.05, 0) is 42.0 Å². The van der Waals surface area contributed by atoms with Gasteiger partial charge in [0, 0.05) is 5.56 Å². The molecule has 5 aromatic rings. The Bertz CT molecular complexity index is 1630. The lowest BCUT2D eigenvalue weighted by atomic mass is 10.1. The number of hydrogen-bond donors (Lipinski definition) is 0. The van der Waals surface area contributed by atoms with Gasteiger partial charge in [-0.25, -0.2) is 9.37 Å². The number of fused-ring (bicyclic) bond motifs is 1. The second-order valence-corrected chi connectivity index (χ2v) is 9.09. The van der Waals surface area contributed by atoms with Gasteiger partial charge in [-0.15, -0.1) is 0 Å². The van der Waals surface area contributed by atoms with E-state index in [1.165, 1.54) is 45.2 Å². The van der Waals surface area contributed by atoms with Crippen molar-refractivity contribution in [1.29, 1.82) is 0 Å². The van der Waals surface area contributed by atoms with Crippen LogP contribution in [0.1, 0.15) is 11.5 Å². The number of para-hydroxylation sites is 1. The molecule has 38 heavy (non-hydrogen) atoms. The molecule has 0 bridgehead atoms. The summed E-state index contributed by atoms with van der Waals surface area (Å²) < 4.78 is 36.7. The van der Waals surface area contributed by atoms with Gasteiger partial charge in [0.25, 0.3) is 5.56 Å². The molecule has 9 nitrogen and oxygen atoms in total. The monoisotopic (exact) mass is 534 g/mol. The van der Waals surface area contributed by atoms with Gasteiger partial charge in [0.2, 0.25) is 17.5 Å². The fraction of sp³-hybridized carbons (Fsp3) is 0.185. The molecule has 0 spiro atoms. The molecule has 0 N–H and O–H groups in total. The van der Waals surface area contributed by atoms with Crippen LogP contribution in [0.4, 0.5) is 4.39 Å². The summed E-state index contributed by atoms with van der Waals surface area (Å²) in [6, 6.07) is 16.6. The molecular weight excluding hydrogens is 511 g/mol. The van der Waals surface area contributed by atoms with Crippen molar-refractivity contribution in [2.75, 3.05) is 21.3 Å². The zero-order chi connectivity index (χ0) is 26.6. The summed E-state index contributed by atoms with van der Waals surface area (Å²) in [7, 11) is 4.59. The predicted molar refractivity (Wildman–Crippen MR) is 140 cm³/mol. The lowest BCUT2D eigenvalue weighted by Gasteiger charge is -2.13. The molecule has 0 aliphatic carbocycles. The minimum atomic E-state index is -0.341. The molecule has 0 aliphatic rings. The average Bonchev–Trinajstić information content (AvgIpc) is 3.43. The Kier molecular flexibility index (Phi) is 7.27. The number of ether oxygens (including phenoxy) is 3. The highest BCUT2D eigenvalue weighted by molar-refractivity contribution is 7.98. The standard InChI is InChI=1S/C27H23FN4O5S/c1-34-21-12-17(13-22(35-2)24(21)36-3)25-30-23(37-31-25)15-38-27-29-20-7-5-4-6-19(20)26(33)32(27)14-16-8-10-18(28)11-9-16/h4-13H,14-15H2,1-3H3. The fourth-order valence-electron chi connectivity index (χ4n) is 3.94. The van der Waals surface area contributed by atoms with E-state index in [0.29, 0.717) is 50.6 Å². The fourth-order valence-corrected chi connectivity index (χ4v) is 4.77. The van der Waals surface area contributed by atoms with Crippen LogP contribution in [0, 0.1) is 5.82 Å². The van der Waals surface area contributed by atoms with Crippen molar-refractivity contribution in [3.05, 3.63) is 88.3 Å². The number of benzene rings is 3. The van der Waals surface area contributed by atoms with Crippen LogP contribution in [0.2, 0.25) is 0 Å². The van der Waals surface area contributed by atoms with Crippen LogP contribution in [-0.4, -0.2) is 41.0 Å². The number of rotatable bonds is 9. The number of nitrogens with zero attached hydrogens (tertiary/aromatic N) is 4. The van der Waals surface area contributed by atoms with Crippen LogP contribution in [0.25, 0.3) is 22.3 Å². The van der Waals surface area contributed by atoms with E-state index >= 15 is 0 Å². The lowest BCUT2D eigenvalue weighted by molar-refractivity contribution is 0.324. The zero-order valence-electron chi connectivity index (χ0n) is 20.8. The van der Waals surface area contributed by atoms with E-state index in [9.17, 15) is 9.18 Å². The highest BCUT2D eigenvalue weighted by atomic mass is 32.2. The summed E-state index contributed by atoms with van der Waals surface area (Å²) in [6.45, 7) is 0.236. The smallest absolute Gasteiger partial charge is 0.262 e. The van der Waals surface area contributed by atoms with Gasteiger partial charge in [-0.3, -0.25) is 9.36 Å². The number of thioether (sulfide) groups is 1. The third-order valence-electron chi connectivity index (χ3n) is 5.80. The van der Waals surface area contributed by atoms with Crippen LogP contribution < -0.4 is 19.8 Å². The van der Waals surface area contributed by atoms with Crippen LogP contribution in [0.3, 0.4) is 0 Å². The Hall–Kier alpha value is -4.38. The first kappa shape index (κ1) is 25.3. The van der Waals surface area contributed by atoms with Gasteiger partial charge in [0.05, 0.1) is 44.5 Å². The Morgan fingerprint density at radius 3 is 2.34 bits per heavy atom. The van der Waals surface area contributed by atoms with E-state index in [0.717, 1.165) is 5.56 Å². The maximum Gasteiger partial charge on any atom is 0.262 e. The Morgan fingerprint density at radius 2 is 1.66 bits per heavy atom. The van der Waals surface area contributed by atoms with Crippen LogP contribution in [-0.2, 0) is 12.3 Å². The average molecular weight is 535 g/mol. The molecular formula is C27H23FN4O5S. The first-order chi connectivity index (χ1) is 18.5. The van der Waals surface area contributed by atoms with Crippen molar-refractivity contribution in [1.82, 2.24) is 19.7 Å². The minimum Gasteiger partial charge on any atom is -0.493 e. The normalized spacial score (nSPS) is 11.1. The number of halogens is 1. The molecule has 2 aromatic heterocycles. The van der Waals surface area contributed by atoms with Gasteiger partial charge < -0.3 is 18.7 Å². The molecule has 194 valence electrons. The Labute approximate surface area is 221 Å². The molecule has 0 fully saturated rings. The maximum absolute atomic E-state index is 13.4. The predicted octanol–water partition coefficient (Wildman–Crippen LogP) is 4.95. The van der Waals surface area contributed by atoms with Gasteiger partial charge in [-0.1, -0.05) is 41.2 Å². The molecule has 0 atom stereocenters. The van der Waals surface area contributed by atoms with E-state index in [1.807, 2.05) is 6.07 Å². The molecule has 11 heteroatoms. The summed E-state index contributed by atoms with van der Waals surface area (Å²) in [5.41, 5.74) is 1.79. The molecule has 0 saturated carbocycles. The molecule has 0 aliphatic heterocycles. The van der Waals surface area contributed by atoms with Crippen molar-refractivity contribution < 1.29 is 23.1 Å². The van der Waals surface area contributed by atoms with Crippen molar-refractivity contribution in [2.24, 2.45) is 0 Å². The topological polar surface area (TPSA) is 102 Å². The third kappa shape index (κ3) is 5.05. The third-order valence-corrected chi connectivity index (χ3v) is 6.76. The molecule has 5 rings (SSSR count). The van der Waals surface area contributed by atoms with Crippen molar-refractivity contribution in [2.45, 2.75) is 17.5 Å². The highest BCUT2D eigenvalue weighted by Crippen LogP contribution is 2.40. The summed E-state index contributed by atoms with van der Waals surface area (Å²) in [5, 5.41) is 5.07. The van der Waals surface area contributed by atoms with Gasteiger partial charge in [0.15, 0.2) is 16.7 Å². The van der Waals surface area contributed by atoms with Crippen LogP contribution in [0.15, 0.2) is 75.1 Å². The Balaban J connectivity index is 1.44. The summed E-state index contributed by atoms with van der Waals surface area (Å²) in [6.07, 6.45) is 0. The molecule has 2 heterocycles. The van der Waals surface area contributed by atoms with Crippen LogP contribution >= 0.6 is 11.8 Å². The van der Waals surface area contributed by atoms with Gasteiger partial charge >= 0.3 is 0 Å². The molecule has 0 unspecified atom stereocenters. The number of methoxy groups -OCH3 is 3. The lowest BCUT2D eigenvalue weighted by Crippen LogP contribution is -2.24. The Morgan fingerprint density at radius 1 is 0.947 bits per heavy atom. The highest BCUT2D eigenvalue weighted by Gasteiger charge is 2.19. The second kappa shape index (κ2) is 10.9. The quantitative estimate of drug-likeness (QED) is 0.192. The van der Waals surface area contributed by atoms with Gasteiger partial charge in [-0.2, -0.15) is 4.98 Å². The SMILES string of the molecule is COc1cc(-c2noc(CSc3nc4ccccc4c(=O)n3Cc3ccc(F)cc3)n2)cc(OC)c1OC. The van der Waals surface area contributed by atoms with Gasteiger partial charge in [0.1, 0.15) is 5.82 Å². The zero-order valence-corrected chi connectivity index (χ0v) is 21.6. The van der Waals surface area contributed by atoms with Crippen LogP contribution in [0.5, 0.6) is 17.2 Å². The number of hydrogen-bond acceptors (Lipinski definition) is 9.